The van der Waals surface area contributed by atoms with Crippen LogP contribution in [0.2, 0.25) is 0 Å². The molecule has 0 aliphatic heterocycles. The number of aromatic carboxylic acids is 1. The van der Waals surface area contributed by atoms with Gasteiger partial charge in [0, 0.05) is 24.8 Å². The maximum atomic E-state index is 12.0. The Morgan fingerprint density at radius 3 is 2.79 bits per heavy atom. The van der Waals surface area contributed by atoms with Gasteiger partial charge in [-0.3, -0.25) is 9.78 Å². The molecular formula is C17H20N4O3. The molecule has 0 saturated heterocycles. The molecule has 4 N–H and O–H groups in total. The first-order valence-corrected chi connectivity index (χ1v) is 7.86. The first-order valence-electron chi connectivity index (χ1n) is 7.86. The molecule has 0 fully saturated rings. The Kier molecular flexibility index (Phi) is 4.24. The summed E-state index contributed by atoms with van der Waals surface area (Å²) in [5.41, 5.74) is 8.21. The number of hydrogen-bond donors (Lipinski definition) is 3. The van der Waals surface area contributed by atoms with Gasteiger partial charge in [0.2, 0.25) is 5.95 Å². The average Bonchev–Trinajstić information content (AvgIpc) is 2.55. The molecule has 1 aromatic carbocycles. The van der Waals surface area contributed by atoms with E-state index in [-0.39, 0.29) is 17.1 Å². The molecule has 1 aromatic heterocycles. The summed E-state index contributed by atoms with van der Waals surface area (Å²) >= 11 is 0. The van der Waals surface area contributed by atoms with Crippen LogP contribution in [-0.4, -0.2) is 34.6 Å². The van der Waals surface area contributed by atoms with Crippen LogP contribution < -0.4 is 16.2 Å². The van der Waals surface area contributed by atoms with E-state index in [9.17, 15) is 9.59 Å². The summed E-state index contributed by atoms with van der Waals surface area (Å²) in [5.74, 6) is -0.417. The summed E-state index contributed by atoms with van der Waals surface area (Å²) in [7, 11) is 1.97. The molecule has 1 aliphatic rings. The topological polar surface area (TPSA) is 112 Å². The van der Waals surface area contributed by atoms with Crippen LogP contribution in [0.3, 0.4) is 0 Å². The highest BCUT2D eigenvalue weighted by atomic mass is 16.4. The van der Waals surface area contributed by atoms with E-state index < -0.39 is 5.97 Å². The molecule has 126 valence electrons. The average molecular weight is 328 g/mol. The number of aryl methyl sites for hydroxylation is 1. The number of hydrogen-bond acceptors (Lipinski definition) is 5. The zero-order valence-corrected chi connectivity index (χ0v) is 13.5. The van der Waals surface area contributed by atoms with Gasteiger partial charge < -0.3 is 15.7 Å². The maximum absolute atomic E-state index is 12.0. The third-order valence-electron chi connectivity index (χ3n) is 4.49. The zero-order chi connectivity index (χ0) is 17.3. The fourth-order valence-electron chi connectivity index (χ4n) is 3.22. The second-order valence-corrected chi connectivity index (χ2v) is 6.22. The minimum absolute atomic E-state index is 0.143. The molecule has 0 bridgehead atoms. The van der Waals surface area contributed by atoms with Gasteiger partial charge in [0.15, 0.2) is 0 Å². The van der Waals surface area contributed by atoms with E-state index in [1.54, 1.807) is 24.3 Å². The van der Waals surface area contributed by atoms with Gasteiger partial charge in [0.1, 0.15) is 0 Å². The molecule has 1 unspecified atom stereocenters. The minimum Gasteiger partial charge on any atom is -0.478 e. The summed E-state index contributed by atoms with van der Waals surface area (Å²) in [4.78, 5) is 31.8. The molecule has 3 rings (SSSR count). The molecular weight excluding hydrogens is 308 g/mol. The van der Waals surface area contributed by atoms with Crippen molar-refractivity contribution >= 4 is 17.6 Å². The smallest absolute Gasteiger partial charge is 0.335 e. The van der Waals surface area contributed by atoms with Crippen molar-refractivity contribution < 1.29 is 9.90 Å². The number of carboxylic acid groups (broad SMARTS) is 1. The molecule has 7 nitrogen and oxygen atoms in total. The minimum atomic E-state index is -0.931. The predicted octanol–water partition coefficient (Wildman–Crippen LogP) is 1.29. The second-order valence-electron chi connectivity index (χ2n) is 6.22. The van der Waals surface area contributed by atoms with Crippen LogP contribution in [0.25, 0.3) is 0 Å². The van der Waals surface area contributed by atoms with Crippen molar-refractivity contribution in [3.05, 3.63) is 51.4 Å². The van der Waals surface area contributed by atoms with Gasteiger partial charge in [-0.15, -0.1) is 0 Å². The Hall–Kier alpha value is -2.83. The molecule has 1 atom stereocenters. The Balaban J connectivity index is 1.70. The lowest BCUT2D eigenvalue weighted by Gasteiger charge is -2.29. The highest BCUT2D eigenvalue weighted by molar-refractivity contribution is 5.88. The number of carbonyl (C=O) groups is 1. The third-order valence-corrected chi connectivity index (χ3v) is 4.49. The van der Waals surface area contributed by atoms with Gasteiger partial charge in [-0.2, -0.15) is 0 Å². The van der Waals surface area contributed by atoms with E-state index in [0.717, 1.165) is 36.3 Å². The van der Waals surface area contributed by atoms with Gasteiger partial charge in [0.05, 0.1) is 11.3 Å². The number of nitrogens with two attached hydrogens (primary N) is 1. The van der Waals surface area contributed by atoms with Crippen molar-refractivity contribution in [1.82, 2.24) is 9.97 Å². The first kappa shape index (κ1) is 16.0. The number of aromatic amines is 1. The van der Waals surface area contributed by atoms with Gasteiger partial charge in [-0.05, 0) is 49.4 Å². The number of nitrogen functional groups attached to an aromatic ring is 1. The molecule has 0 saturated carbocycles. The number of carboxylic acids is 1. The molecule has 7 heteroatoms. The molecule has 0 spiro atoms. The van der Waals surface area contributed by atoms with E-state index >= 15 is 0 Å². The Morgan fingerprint density at radius 1 is 1.42 bits per heavy atom. The van der Waals surface area contributed by atoms with E-state index in [0.29, 0.717) is 12.3 Å². The van der Waals surface area contributed by atoms with E-state index in [4.69, 9.17) is 10.8 Å². The molecule has 0 radical (unpaired) electrons. The lowest BCUT2D eigenvalue weighted by molar-refractivity contribution is 0.0697. The van der Waals surface area contributed by atoms with Crippen molar-refractivity contribution in [2.75, 3.05) is 24.2 Å². The van der Waals surface area contributed by atoms with Crippen molar-refractivity contribution in [3.8, 4) is 0 Å². The number of aromatic nitrogens is 2. The van der Waals surface area contributed by atoms with Crippen LogP contribution in [0.15, 0.2) is 29.1 Å². The summed E-state index contributed by atoms with van der Waals surface area (Å²) in [5, 5.41) is 8.95. The van der Waals surface area contributed by atoms with Crippen molar-refractivity contribution in [1.29, 1.82) is 0 Å². The lowest BCUT2D eigenvalue weighted by Crippen LogP contribution is -2.33. The molecule has 24 heavy (non-hydrogen) atoms. The normalized spacial score (nSPS) is 16.5. The first-order chi connectivity index (χ1) is 11.4. The highest BCUT2D eigenvalue weighted by Crippen LogP contribution is 2.24. The Labute approximate surface area is 139 Å². The number of nitrogens with zero attached hydrogens (tertiary/aromatic N) is 2. The standard InChI is InChI=1S/C17H20N4O3/c1-21(12-5-3-11(4-6-12)16(23)24)9-10-2-7-14-13(8-10)15(22)20-17(18)19-14/h3-6,10H,2,7-9H2,1H3,(H,23,24)(H3,18,19,20,22). The number of rotatable bonds is 4. The zero-order valence-electron chi connectivity index (χ0n) is 13.5. The monoisotopic (exact) mass is 328 g/mol. The molecule has 0 amide bonds. The van der Waals surface area contributed by atoms with Crippen LogP contribution >= 0.6 is 0 Å². The third kappa shape index (κ3) is 3.24. The van der Waals surface area contributed by atoms with E-state index in [2.05, 4.69) is 14.9 Å². The number of fused-ring (bicyclic) bond motifs is 1. The fraction of sp³-hybridized carbons (Fsp3) is 0.353. The highest BCUT2D eigenvalue weighted by Gasteiger charge is 2.23. The van der Waals surface area contributed by atoms with E-state index in [1.165, 1.54) is 0 Å². The Morgan fingerprint density at radius 2 is 2.12 bits per heavy atom. The predicted molar refractivity (Wildman–Crippen MR) is 91.5 cm³/mol. The van der Waals surface area contributed by atoms with Gasteiger partial charge >= 0.3 is 5.97 Å². The van der Waals surface area contributed by atoms with Crippen LogP contribution in [0.4, 0.5) is 11.6 Å². The van der Waals surface area contributed by atoms with Crippen LogP contribution in [0, 0.1) is 5.92 Å². The maximum Gasteiger partial charge on any atom is 0.335 e. The molecule has 1 heterocycles. The van der Waals surface area contributed by atoms with Crippen LogP contribution in [0.1, 0.15) is 28.0 Å². The van der Waals surface area contributed by atoms with Crippen LogP contribution in [0.5, 0.6) is 0 Å². The van der Waals surface area contributed by atoms with Crippen molar-refractivity contribution in [2.24, 2.45) is 5.92 Å². The number of benzene rings is 1. The number of H-pyrrole nitrogens is 1. The molecule has 2 aromatic rings. The largest absolute Gasteiger partial charge is 0.478 e. The number of anilines is 2. The fourth-order valence-corrected chi connectivity index (χ4v) is 3.22. The summed E-state index contributed by atoms with van der Waals surface area (Å²) < 4.78 is 0. The van der Waals surface area contributed by atoms with Gasteiger partial charge in [-0.25, -0.2) is 9.78 Å². The van der Waals surface area contributed by atoms with Crippen LogP contribution in [-0.2, 0) is 12.8 Å². The summed E-state index contributed by atoms with van der Waals surface area (Å²) in [6, 6.07) is 6.80. The van der Waals surface area contributed by atoms with E-state index in [1.807, 2.05) is 7.05 Å². The summed E-state index contributed by atoms with van der Waals surface area (Å²) in [6.45, 7) is 0.787. The Bertz CT molecular complexity index is 814. The second kappa shape index (κ2) is 6.35. The van der Waals surface area contributed by atoms with Gasteiger partial charge in [0.25, 0.3) is 5.56 Å². The van der Waals surface area contributed by atoms with Crippen molar-refractivity contribution in [3.63, 3.8) is 0 Å². The number of nitrogens with one attached hydrogen (secondary N) is 1. The quantitative estimate of drug-likeness (QED) is 0.779. The lowest BCUT2D eigenvalue weighted by atomic mass is 9.87. The summed E-state index contributed by atoms with van der Waals surface area (Å²) in [6.07, 6.45) is 2.37. The van der Waals surface area contributed by atoms with Crippen molar-refractivity contribution in [2.45, 2.75) is 19.3 Å². The molecule has 1 aliphatic carbocycles. The SMILES string of the molecule is CN(CC1CCc2nc(N)[nH]c(=O)c2C1)c1ccc(C(=O)O)cc1. The van der Waals surface area contributed by atoms with Gasteiger partial charge in [-0.1, -0.05) is 0 Å².